The predicted octanol–water partition coefficient (Wildman–Crippen LogP) is 1.13. The molecule has 2 saturated heterocycles. The third-order valence-electron chi connectivity index (χ3n) is 3.73. The maximum atomic E-state index is 11.3. The Hall–Kier alpha value is -0.320. The number of nitrogens with one attached hydrogen (secondary N) is 1. The summed E-state index contributed by atoms with van der Waals surface area (Å²) in [6.45, 7) is 2.66. The summed E-state index contributed by atoms with van der Waals surface area (Å²) in [4.78, 5) is 11.3. The standard InChI is InChI=1S/C11H19NO3.ClH/c1-14-10(13)9-2-3-11(8-12-9)4-6-15-7-5-11;/h9,12H,2-8H2,1H3;1H. The maximum absolute atomic E-state index is 11.3. The Morgan fingerprint density at radius 2 is 2.06 bits per heavy atom. The van der Waals surface area contributed by atoms with E-state index in [0.717, 1.165) is 45.4 Å². The van der Waals surface area contributed by atoms with Crippen LogP contribution < -0.4 is 5.32 Å². The van der Waals surface area contributed by atoms with E-state index < -0.39 is 0 Å². The summed E-state index contributed by atoms with van der Waals surface area (Å²) in [5, 5.41) is 3.30. The SMILES string of the molecule is COC(=O)C1CCC2(CCOCC2)CN1.Cl. The van der Waals surface area contributed by atoms with Crippen molar-refractivity contribution < 1.29 is 14.3 Å². The molecule has 0 aromatic heterocycles. The molecule has 5 heteroatoms. The zero-order chi connectivity index (χ0) is 10.7. The third-order valence-corrected chi connectivity index (χ3v) is 3.73. The molecule has 94 valence electrons. The van der Waals surface area contributed by atoms with Crippen LogP contribution in [0.15, 0.2) is 0 Å². The first-order valence-electron chi connectivity index (χ1n) is 5.65. The van der Waals surface area contributed by atoms with Gasteiger partial charge in [0.2, 0.25) is 0 Å². The van der Waals surface area contributed by atoms with Gasteiger partial charge in [0.1, 0.15) is 6.04 Å². The van der Waals surface area contributed by atoms with Gasteiger partial charge in [0.25, 0.3) is 0 Å². The van der Waals surface area contributed by atoms with Crippen LogP contribution in [0.3, 0.4) is 0 Å². The lowest BCUT2D eigenvalue weighted by molar-refractivity contribution is -0.144. The van der Waals surface area contributed by atoms with E-state index in [1.807, 2.05) is 0 Å². The van der Waals surface area contributed by atoms with Gasteiger partial charge in [0.15, 0.2) is 0 Å². The van der Waals surface area contributed by atoms with E-state index in [-0.39, 0.29) is 24.4 Å². The van der Waals surface area contributed by atoms with Crippen molar-refractivity contribution in [1.29, 1.82) is 0 Å². The highest BCUT2D eigenvalue weighted by Crippen LogP contribution is 2.37. The van der Waals surface area contributed by atoms with E-state index in [9.17, 15) is 4.79 Å². The van der Waals surface area contributed by atoms with Crippen LogP contribution in [0.1, 0.15) is 25.7 Å². The molecule has 0 amide bonds. The highest BCUT2D eigenvalue weighted by molar-refractivity contribution is 5.85. The lowest BCUT2D eigenvalue weighted by atomic mass is 9.73. The minimum atomic E-state index is -0.128. The fourth-order valence-electron chi connectivity index (χ4n) is 2.56. The smallest absolute Gasteiger partial charge is 0.322 e. The zero-order valence-corrected chi connectivity index (χ0v) is 10.5. The second-order valence-electron chi connectivity index (χ2n) is 4.61. The molecular formula is C11H20ClNO3. The Balaban J connectivity index is 0.00000128. The molecule has 0 radical (unpaired) electrons. The van der Waals surface area contributed by atoms with E-state index in [2.05, 4.69) is 5.32 Å². The molecule has 2 aliphatic rings. The van der Waals surface area contributed by atoms with Crippen LogP contribution in [0.4, 0.5) is 0 Å². The van der Waals surface area contributed by atoms with Crippen LogP contribution in [0.5, 0.6) is 0 Å². The van der Waals surface area contributed by atoms with Crippen LogP contribution >= 0.6 is 12.4 Å². The lowest BCUT2D eigenvalue weighted by Gasteiger charge is -2.42. The number of piperidine rings is 1. The van der Waals surface area contributed by atoms with Crippen molar-refractivity contribution >= 4 is 18.4 Å². The van der Waals surface area contributed by atoms with E-state index in [1.165, 1.54) is 7.11 Å². The van der Waals surface area contributed by atoms with Crippen LogP contribution in [-0.2, 0) is 14.3 Å². The highest BCUT2D eigenvalue weighted by atomic mass is 35.5. The molecule has 2 rings (SSSR count). The van der Waals surface area contributed by atoms with Crippen molar-refractivity contribution in [3.63, 3.8) is 0 Å². The van der Waals surface area contributed by atoms with Crippen molar-refractivity contribution in [3.8, 4) is 0 Å². The zero-order valence-electron chi connectivity index (χ0n) is 9.66. The number of rotatable bonds is 1. The average Bonchev–Trinajstić information content (AvgIpc) is 2.30. The van der Waals surface area contributed by atoms with Crippen molar-refractivity contribution in [2.75, 3.05) is 26.9 Å². The van der Waals surface area contributed by atoms with Crippen LogP contribution in [0, 0.1) is 5.41 Å². The average molecular weight is 250 g/mol. The minimum Gasteiger partial charge on any atom is -0.468 e. The number of ether oxygens (including phenoxy) is 2. The fraction of sp³-hybridized carbons (Fsp3) is 0.909. The second kappa shape index (κ2) is 5.84. The molecule has 4 nitrogen and oxygen atoms in total. The molecule has 0 aromatic carbocycles. The van der Waals surface area contributed by atoms with Gasteiger partial charge in [-0.15, -0.1) is 12.4 Å². The van der Waals surface area contributed by atoms with Gasteiger partial charge in [0.05, 0.1) is 7.11 Å². The second-order valence-corrected chi connectivity index (χ2v) is 4.61. The normalized spacial score (nSPS) is 28.2. The summed E-state index contributed by atoms with van der Waals surface area (Å²) in [6, 6.07) is -0.0940. The Bertz CT molecular complexity index is 231. The molecule has 1 unspecified atom stereocenters. The quantitative estimate of drug-likeness (QED) is 0.708. The van der Waals surface area contributed by atoms with Gasteiger partial charge in [0, 0.05) is 19.8 Å². The number of methoxy groups -OCH3 is 1. The number of hydrogen-bond donors (Lipinski definition) is 1. The molecule has 0 aliphatic carbocycles. The summed E-state index contributed by atoms with van der Waals surface area (Å²) in [7, 11) is 1.45. The predicted molar refractivity (Wildman–Crippen MR) is 62.8 cm³/mol. The van der Waals surface area contributed by atoms with Gasteiger partial charge in [-0.05, 0) is 31.1 Å². The molecule has 1 N–H and O–H groups in total. The third kappa shape index (κ3) is 2.87. The number of esters is 1. The summed E-state index contributed by atoms with van der Waals surface area (Å²) in [6.07, 6.45) is 4.25. The molecular weight excluding hydrogens is 230 g/mol. The summed E-state index contributed by atoms with van der Waals surface area (Å²) in [5.41, 5.74) is 0.378. The minimum absolute atomic E-state index is 0. The molecule has 1 spiro atoms. The van der Waals surface area contributed by atoms with Gasteiger partial charge < -0.3 is 14.8 Å². The monoisotopic (exact) mass is 249 g/mol. The number of hydrogen-bond acceptors (Lipinski definition) is 4. The molecule has 2 fully saturated rings. The van der Waals surface area contributed by atoms with E-state index in [1.54, 1.807) is 0 Å². The van der Waals surface area contributed by atoms with Gasteiger partial charge in [-0.1, -0.05) is 0 Å². The fourth-order valence-corrected chi connectivity index (χ4v) is 2.56. The maximum Gasteiger partial charge on any atom is 0.322 e. The topological polar surface area (TPSA) is 47.6 Å². The number of halogens is 1. The number of carbonyl (C=O) groups is 1. The Labute approximate surface area is 102 Å². The first kappa shape index (κ1) is 13.7. The molecule has 1 atom stereocenters. The van der Waals surface area contributed by atoms with Gasteiger partial charge in [-0.3, -0.25) is 4.79 Å². The summed E-state index contributed by atoms with van der Waals surface area (Å²) in [5.74, 6) is -0.128. The van der Waals surface area contributed by atoms with E-state index in [4.69, 9.17) is 9.47 Å². The molecule has 16 heavy (non-hydrogen) atoms. The van der Waals surface area contributed by atoms with Crippen molar-refractivity contribution in [2.45, 2.75) is 31.7 Å². The molecule has 0 saturated carbocycles. The van der Waals surface area contributed by atoms with Gasteiger partial charge in [-0.2, -0.15) is 0 Å². The highest BCUT2D eigenvalue weighted by Gasteiger charge is 2.38. The molecule has 2 heterocycles. The van der Waals surface area contributed by atoms with E-state index in [0.29, 0.717) is 5.41 Å². The molecule has 2 aliphatic heterocycles. The Morgan fingerprint density at radius 1 is 1.38 bits per heavy atom. The van der Waals surface area contributed by atoms with Gasteiger partial charge >= 0.3 is 5.97 Å². The van der Waals surface area contributed by atoms with Crippen LogP contribution in [0.25, 0.3) is 0 Å². The van der Waals surface area contributed by atoms with E-state index >= 15 is 0 Å². The lowest BCUT2D eigenvalue weighted by Crippen LogP contribution is -2.51. The first-order valence-corrected chi connectivity index (χ1v) is 5.65. The van der Waals surface area contributed by atoms with Crippen molar-refractivity contribution in [2.24, 2.45) is 5.41 Å². The Morgan fingerprint density at radius 3 is 2.56 bits per heavy atom. The van der Waals surface area contributed by atoms with Gasteiger partial charge in [-0.25, -0.2) is 0 Å². The van der Waals surface area contributed by atoms with Crippen LogP contribution in [-0.4, -0.2) is 38.9 Å². The van der Waals surface area contributed by atoms with Crippen molar-refractivity contribution in [3.05, 3.63) is 0 Å². The summed E-state index contributed by atoms with van der Waals surface area (Å²) < 4.78 is 10.1. The van der Waals surface area contributed by atoms with Crippen molar-refractivity contribution in [1.82, 2.24) is 5.32 Å². The largest absolute Gasteiger partial charge is 0.468 e. The van der Waals surface area contributed by atoms with Crippen LogP contribution in [0.2, 0.25) is 0 Å². The first-order chi connectivity index (χ1) is 7.26. The summed E-state index contributed by atoms with van der Waals surface area (Å²) >= 11 is 0. The number of carbonyl (C=O) groups excluding carboxylic acids is 1. The molecule has 0 aromatic rings. The molecule has 0 bridgehead atoms. The Kier molecular flexibility index (Phi) is 5.02.